The lowest BCUT2D eigenvalue weighted by molar-refractivity contribution is -0.137. The molecule has 2 aromatic carbocycles. The smallest absolute Gasteiger partial charge is 0.416 e. The number of H-pyrrole nitrogens is 1. The maximum atomic E-state index is 13.4. The Balaban J connectivity index is 1.56. The molecule has 1 atom stereocenters. The van der Waals surface area contributed by atoms with E-state index in [4.69, 9.17) is 4.74 Å². The Labute approximate surface area is 217 Å². The van der Waals surface area contributed by atoms with Crippen LogP contribution in [0.15, 0.2) is 42.5 Å². The van der Waals surface area contributed by atoms with E-state index >= 15 is 0 Å². The minimum atomic E-state index is -4.40. The molecule has 0 saturated heterocycles. The third kappa shape index (κ3) is 6.31. The van der Waals surface area contributed by atoms with Gasteiger partial charge in [0.15, 0.2) is 0 Å². The lowest BCUT2D eigenvalue weighted by atomic mass is 9.91. The van der Waals surface area contributed by atoms with Gasteiger partial charge in [0, 0.05) is 29.6 Å². The number of fused-ring (bicyclic) bond motifs is 3. The van der Waals surface area contributed by atoms with E-state index in [9.17, 15) is 18.0 Å². The highest BCUT2D eigenvalue weighted by Gasteiger charge is 2.35. The predicted molar refractivity (Wildman–Crippen MR) is 141 cm³/mol. The van der Waals surface area contributed by atoms with E-state index in [1.54, 1.807) is 7.11 Å². The summed E-state index contributed by atoms with van der Waals surface area (Å²) in [4.78, 5) is 18.7. The van der Waals surface area contributed by atoms with Crippen molar-refractivity contribution in [2.24, 2.45) is 0 Å². The summed E-state index contributed by atoms with van der Waals surface area (Å²) in [6.45, 7) is 2.73. The highest BCUT2D eigenvalue weighted by Crippen LogP contribution is 2.40. The normalized spacial score (nSPS) is 15.7. The van der Waals surface area contributed by atoms with Crippen LogP contribution in [0, 0.1) is 0 Å². The van der Waals surface area contributed by atoms with Gasteiger partial charge in [-0.15, -0.1) is 0 Å². The Kier molecular flexibility index (Phi) is 8.83. The zero-order valence-corrected chi connectivity index (χ0v) is 21.8. The molecule has 0 fully saturated rings. The second kappa shape index (κ2) is 12.1. The van der Waals surface area contributed by atoms with Crippen LogP contribution >= 0.6 is 0 Å². The average molecular weight is 515 g/mol. The molecule has 4 rings (SSSR count). The van der Waals surface area contributed by atoms with Crippen LogP contribution in [0.4, 0.5) is 13.2 Å². The number of carbonyl (C=O) groups is 1. The van der Waals surface area contributed by atoms with E-state index in [1.165, 1.54) is 44.2 Å². The molecule has 0 saturated carbocycles. The number of nitrogens with zero attached hydrogens (tertiary/aromatic N) is 1. The highest BCUT2D eigenvalue weighted by molar-refractivity contribution is 5.88. The lowest BCUT2D eigenvalue weighted by Gasteiger charge is -2.36. The molecular weight excluding hydrogens is 477 g/mol. The summed E-state index contributed by atoms with van der Waals surface area (Å²) in [5, 5.41) is 1.03. The van der Waals surface area contributed by atoms with E-state index in [1.807, 2.05) is 23.1 Å². The number of ether oxygens (including phenoxy) is 1. The van der Waals surface area contributed by atoms with E-state index in [-0.39, 0.29) is 5.91 Å². The Bertz CT molecular complexity index is 1180. The number of nitrogens with one attached hydrogen (secondary N) is 1. The number of aromatic amines is 1. The van der Waals surface area contributed by atoms with Crippen molar-refractivity contribution < 1.29 is 22.7 Å². The van der Waals surface area contributed by atoms with Crippen LogP contribution in [0.5, 0.6) is 5.75 Å². The van der Waals surface area contributed by atoms with Crippen molar-refractivity contribution in [1.82, 2.24) is 9.88 Å². The molecule has 0 spiro atoms. The Morgan fingerprint density at radius 1 is 1.00 bits per heavy atom. The summed E-state index contributed by atoms with van der Waals surface area (Å²) in [7, 11) is 1.62. The van der Waals surface area contributed by atoms with Gasteiger partial charge in [0.1, 0.15) is 5.75 Å². The van der Waals surface area contributed by atoms with E-state index in [0.717, 1.165) is 59.3 Å². The Morgan fingerprint density at radius 2 is 1.68 bits per heavy atom. The molecule has 1 aliphatic rings. The third-order valence-electron chi connectivity index (χ3n) is 7.45. The molecule has 2 heterocycles. The van der Waals surface area contributed by atoms with E-state index in [0.29, 0.717) is 24.9 Å². The third-order valence-corrected chi connectivity index (χ3v) is 7.45. The number of unbranched alkanes of at least 4 members (excludes halogenated alkanes) is 7. The second-order valence-corrected chi connectivity index (χ2v) is 10.0. The van der Waals surface area contributed by atoms with Gasteiger partial charge in [0.05, 0.1) is 18.7 Å². The van der Waals surface area contributed by atoms with Gasteiger partial charge < -0.3 is 14.6 Å². The monoisotopic (exact) mass is 514 g/mol. The van der Waals surface area contributed by atoms with Gasteiger partial charge in [-0.25, -0.2) is 0 Å². The van der Waals surface area contributed by atoms with Crippen LogP contribution < -0.4 is 4.74 Å². The van der Waals surface area contributed by atoms with Gasteiger partial charge in [-0.3, -0.25) is 4.79 Å². The van der Waals surface area contributed by atoms with Gasteiger partial charge in [-0.05, 0) is 54.3 Å². The largest absolute Gasteiger partial charge is 0.497 e. The SMILES string of the molecule is CCCCCCCCCCC(=O)N1CCc2c([nH]c3ccc(OC)cc23)C1c1ccc(C(F)(F)F)cc1. The van der Waals surface area contributed by atoms with Gasteiger partial charge in [0.25, 0.3) is 0 Å². The molecule has 1 amide bonds. The second-order valence-electron chi connectivity index (χ2n) is 10.0. The minimum Gasteiger partial charge on any atom is -0.497 e. The first-order valence-corrected chi connectivity index (χ1v) is 13.5. The maximum Gasteiger partial charge on any atom is 0.416 e. The first kappa shape index (κ1) is 27.1. The fourth-order valence-electron chi connectivity index (χ4n) is 5.42. The molecule has 1 aromatic heterocycles. The topological polar surface area (TPSA) is 45.3 Å². The summed E-state index contributed by atoms with van der Waals surface area (Å²) in [5.74, 6) is 0.798. The summed E-state index contributed by atoms with van der Waals surface area (Å²) < 4.78 is 45.1. The lowest BCUT2D eigenvalue weighted by Crippen LogP contribution is -2.40. The van der Waals surface area contributed by atoms with Crippen molar-refractivity contribution in [3.63, 3.8) is 0 Å². The molecule has 0 aliphatic carbocycles. The zero-order chi connectivity index (χ0) is 26.4. The summed E-state index contributed by atoms with van der Waals surface area (Å²) in [6, 6.07) is 10.6. The van der Waals surface area contributed by atoms with Crippen LogP contribution in [0.2, 0.25) is 0 Å². The van der Waals surface area contributed by atoms with Crippen LogP contribution in [0.1, 0.15) is 93.1 Å². The molecule has 4 nitrogen and oxygen atoms in total. The number of methoxy groups -OCH3 is 1. The highest BCUT2D eigenvalue weighted by atomic mass is 19.4. The number of hydrogen-bond donors (Lipinski definition) is 1. The van der Waals surface area contributed by atoms with Crippen molar-refractivity contribution in [2.75, 3.05) is 13.7 Å². The molecule has 37 heavy (non-hydrogen) atoms. The molecular formula is C30H37F3N2O2. The minimum absolute atomic E-state index is 0.0535. The number of hydrogen-bond acceptors (Lipinski definition) is 2. The number of benzene rings is 2. The number of rotatable bonds is 11. The number of aromatic nitrogens is 1. The molecule has 0 radical (unpaired) electrons. The molecule has 200 valence electrons. The van der Waals surface area contributed by atoms with Gasteiger partial charge in [0.2, 0.25) is 5.91 Å². The summed E-state index contributed by atoms with van der Waals surface area (Å²) >= 11 is 0. The van der Waals surface area contributed by atoms with E-state index in [2.05, 4.69) is 11.9 Å². The quantitative estimate of drug-likeness (QED) is 0.262. The fourth-order valence-corrected chi connectivity index (χ4v) is 5.42. The summed E-state index contributed by atoms with van der Waals surface area (Å²) in [6.07, 6.45) is 5.96. The van der Waals surface area contributed by atoms with Gasteiger partial charge in [-0.1, -0.05) is 64.0 Å². The molecule has 1 N–H and O–H groups in total. The van der Waals surface area contributed by atoms with E-state index < -0.39 is 17.8 Å². The molecule has 1 aliphatic heterocycles. The van der Waals surface area contributed by atoms with Crippen molar-refractivity contribution in [3.05, 3.63) is 64.8 Å². The zero-order valence-electron chi connectivity index (χ0n) is 21.8. The first-order valence-electron chi connectivity index (χ1n) is 13.5. The molecule has 3 aromatic rings. The molecule has 1 unspecified atom stereocenters. The standard InChI is InChI=1S/C30H37F3N2O2/c1-3-4-5-6-7-8-9-10-11-27(36)35-19-18-24-25-20-23(37-2)16-17-26(25)34-28(24)29(35)21-12-14-22(15-13-21)30(31,32)33/h12-17,20,29,34H,3-11,18-19H2,1-2H3. The molecule has 0 bridgehead atoms. The Morgan fingerprint density at radius 3 is 2.32 bits per heavy atom. The molecule has 7 heteroatoms. The van der Waals surface area contributed by atoms with Crippen molar-refractivity contribution in [2.45, 2.75) is 83.4 Å². The number of carbonyl (C=O) groups excluding carboxylic acids is 1. The van der Waals surface area contributed by atoms with Crippen molar-refractivity contribution in [1.29, 1.82) is 0 Å². The van der Waals surface area contributed by atoms with Crippen LogP contribution in [0.3, 0.4) is 0 Å². The van der Waals surface area contributed by atoms with Crippen LogP contribution in [-0.4, -0.2) is 29.4 Å². The number of alkyl halides is 3. The number of amides is 1. The average Bonchev–Trinajstić information content (AvgIpc) is 3.27. The van der Waals surface area contributed by atoms with Gasteiger partial charge in [-0.2, -0.15) is 13.2 Å². The van der Waals surface area contributed by atoms with Crippen molar-refractivity contribution >= 4 is 16.8 Å². The van der Waals surface area contributed by atoms with Crippen LogP contribution in [0.25, 0.3) is 10.9 Å². The van der Waals surface area contributed by atoms with Gasteiger partial charge >= 0.3 is 6.18 Å². The van der Waals surface area contributed by atoms with Crippen LogP contribution in [-0.2, 0) is 17.4 Å². The van der Waals surface area contributed by atoms with Crippen molar-refractivity contribution in [3.8, 4) is 5.75 Å². The predicted octanol–water partition coefficient (Wildman–Crippen LogP) is 8.20. The fraction of sp³-hybridized carbons (Fsp3) is 0.500. The first-order chi connectivity index (χ1) is 17.8. The maximum absolute atomic E-state index is 13.4. The number of halogens is 3. The summed E-state index contributed by atoms with van der Waals surface area (Å²) in [5.41, 5.74) is 2.88. The Hall–Kier alpha value is -2.96.